The van der Waals surface area contributed by atoms with Crippen molar-refractivity contribution in [2.24, 2.45) is 0 Å². The predicted molar refractivity (Wildman–Crippen MR) is 96.2 cm³/mol. The number of benzene rings is 1. The van der Waals surface area contributed by atoms with Gasteiger partial charge in [0.05, 0.1) is 18.8 Å². The molecule has 27 heavy (non-hydrogen) atoms. The molecule has 0 N–H and O–H groups in total. The lowest BCUT2D eigenvalue weighted by molar-refractivity contribution is -0.0514. The van der Waals surface area contributed by atoms with Crippen LogP contribution in [0.5, 0.6) is 11.5 Å². The summed E-state index contributed by atoms with van der Waals surface area (Å²) in [5.41, 5.74) is 0.598. The molecule has 0 radical (unpaired) electrons. The van der Waals surface area contributed by atoms with Crippen LogP contribution in [0, 0.1) is 0 Å². The van der Waals surface area contributed by atoms with Gasteiger partial charge in [-0.3, -0.25) is 0 Å². The monoisotopic (exact) mass is 408 g/mol. The number of hydrogen-bond acceptors (Lipinski definition) is 5. The van der Waals surface area contributed by atoms with Gasteiger partial charge in [-0.25, -0.2) is 0 Å². The van der Waals surface area contributed by atoms with Gasteiger partial charge < -0.3 is 14.2 Å². The fourth-order valence-corrected chi connectivity index (χ4v) is 4.47. The van der Waals surface area contributed by atoms with Crippen LogP contribution in [-0.2, 0) is 21.5 Å². The summed E-state index contributed by atoms with van der Waals surface area (Å²) in [4.78, 5) is 0. The third-order valence-electron chi connectivity index (χ3n) is 4.04. The van der Waals surface area contributed by atoms with E-state index in [1.54, 1.807) is 6.92 Å². The van der Waals surface area contributed by atoms with Crippen molar-refractivity contribution in [2.45, 2.75) is 46.1 Å². The maximum absolute atomic E-state index is 12.8. The molecule has 154 valence electrons. The van der Waals surface area contributed by atoms with Gasteiger partial charge in [-0.05, 0) is 38.5 Å². The van der Waals surface area contributed by atoms with Crippen LogP contribution < -0.4 is 9.47 Å². The summed E-state index contributed by atoms with van der Waals surface area (Å²) >= 11 is 0. The van der Waals surface area contributed by atoms with E-state index in [4.69, 9.17) is 9.47 Å². The van der Waals surface area contributed by atoms with E-state index in [1.807, 2.05) is 13.8 Å². The molecule has 1 aliphatic rings. The highest BCUT2D eigenvalue weighted by molar-refractivity contribution is 7.86. The lowest BCUT2D eigenvalue weighted by Crippen LogP contribution is -2.52. The molecular formula is C17H26F2N2O5S. The SMILES string of the molecule is CCOc1cc(CN(C)S(=O)(=O)N2C[C@H](C)O[C@@H](C)C2)ccc1OC(F)F. The Hall–Kier alpha value is -1.49. The summed E-state index contributed by atoms with van der Waals surface area (Å²) < 4.78 is 68.6. The molecule has 0 aromatic heterocycles. The quantitative estimate of drug-likeness (QED) is 0.661. The second-order valence-electron chi connectivity index (χ2n) is 6.43. The zero-order chi connectivity index (χ0) is 20.2. The van der Waals surface area contributed by atoms with Gasteiger partial charge in [-0.1, -0.05) is 6.07 Å². The van der Waals surface area contributed by atoms with Crippen molar-refractivity contribution in [3.8, 4) is 11.5 Å². The van der Waals surface area contributed by atoms with Crippen molar-refractivity contribution in [3.63, 3.8) is 0 Å². The second-order valence-corrected chi connectivity index (χ2v) is 8.47. The van der Waals surface area contributed by atoms with Crippen LogP contribution in [-0.4, -0.2) is 62.6 Å². The Bertz CT molecular complexity index is 722. The first-order chi connectivity index (χ1) is 12.6. The molecule has 7 nitrogen and oxygen atoms in total. The number of morpholine rings is 1. The van der Waals surface area contributed by atoms with Crippen molar-refractivity contribution in [1.82, 2.24) is 8.61 Å². The summed E-state index contributed by atoms with van der Waals surface area (Å²) in [6.45, 7) is 3.30. The Kier molecular flexibility index (Phi) is 7.38. The van der Waals surface area contributed by atoms with E-state index in [2.05, 4.69) is 4.74 Å². The van der Waals surface area contributed by atoms with Crippen LogP contribution in [0.4, 0.5) is 8.78 Å². The first-order valence-electron chi connectivity index (χ1n) is 8.70. The highest BCUT2D eigenvalue weighted by Crippen LogP contribution is 2.30. The Morgan fingerprint density at radius 3 is 2.44 bits per heavy atom. The lowest BCUT2D eigenvalue weighted by Gasteiger charge is -2.36. The van der Waals surface area contributed by atoms with E-state index >= 15 is 0 Å². The standard InChI is InChI=1S/C17H26F2N2O5S/c1-5-24-16-8-14(6-7-15(16)26-17(18)19)11-20(4)27(22,23)21-9-12(2)25-13(3)10-21/h6-8,12-13,17H,5,9-11H2,1-4H3/t12-,13-/m0/s1. The average Bonchev–Trinajstić information content (AvgIpc) is 2.56. The van der Waals surface area contributed by atoms with Gasteiger partial charge >= 0.3 is 6.61 Å². The van der Waals surface area contributed by atoms with E-state index in [0.717, 1.165) is 0 Å². The van der Waals surface area contributed by atoms with Gasteiger partial charge in [0.1, 0.15) is 0 Å². The first kappa shape index (κ1) is 21.8. The van der Waals surface area contributed by atoms with Gasteiger partial charge in [0.2, 0.25) is 0 Å². The lowest BCUT2D eigenvalue weighted by atomic mass is 10.2. The molecule has 0 spiro atoms. The topological polar surface area (TPSA) is 68.3 Å². The predicted octanol–water partition coefficient (Wildman–Crippen LogP) is 2.47. The third kappa shape index (κ3) is 5.74. The number of hydrogen-bond donors (Lipinski definition) is 0. The summed E-state index contributed by atoms with van der Waals surface area (Å²) in [7, 11) is -2.21. The second kappa shape index (κ2) is 9.13. The Morgan fingerprint density at radius 1 is 1.26 bits per heavy atom. The van der Waals surface area contributed by atoms with Crippen molar-refractivity contribution < 1.29 is 31.4 Å². The highest BCUT2D eigenvalue weighted by Gasteiger charge is 2.33. The smallest absolute Gasteiger partial charge is 0.387 e. The Morgan fingerprint density at radius 2 is 1.89 bits per heavy atom. The molecule has 1 heterocycles. The van der Waals surface area contributed by atoms with Crippen molar-refractivity contribution in [1.29, 1.82) is 0 Å². The largest absolute Gasteiger partial charge is 0.490 e. The molecule has 2 atom stereocenters. The van der Waals surface area contributed by atoms with Gasteiger partial charge in [0.15, 0.2) is 11.5 Å². The van der Waals surface area contributed by atoms with Crippen LogP contribution in [0.15, 0.2) is 18.2 Å². The zero-order valence-corrected chi connectivity index (χ0v) is 16.7. The third-order valence-corrected chi connectivity index (χ3v) is 5.90. The fourth-order valence-electron chi connectivity index (χ4n) is 2.97. The molecule has 1 fully saturated rings. The van der Waals surface area contributed by atoms with E-state index in [9.17, 15) is 17.2 Å². The minimum Gasteiger partial charge on any atom is -0.490 e. The first-order valence-corrected chi connectivity index (χ1v) is 10.1. The molecule has 0 amide bonds. The van der Waals surface area contributed by atoms with Crippen LogP contribution in [0.2, 0.25) is 0 Å². The molecule has 1 aromatic carbocycles. The maximum Gasteiger partial charge on any atom is 0.387 e. The van der Waals surface area contributed by atoms with E-state index in [1.165, 1.54) is 33.9 Å². The molecule has 10 heteroatoms. The van der Waals surface area contributed by atoms with Crippen molar-refractivity contribution in [3.05, 3.63) is 23.8 Å². The summed E-state index contributed by atoms with van der Waals surface area (Å²) in [6.07, 6.45) is -0.375. The number of ether oxygens (including phenoxy) is 3. The fraction of sp³-hybridized carbons (Fsp3) is 0.647. The van der Waals surface area contributed by atoms with Crippen LogP contribution in [0.25, 0.3) is 0 Å². The number of alkyl halides is 2. The van der Waals surface area contributed by atoms with Crippen LogP contribution in [0.1, 0.15) is 26.3 Å². The summed E-state index contributed by atoms with van der Waals surface area (Å²) in [6, 6.07) is 4.40. The molecule has 1 aliphatic heterocycles. The molecule has 0 aliphatic carbocycles. The molecule has 0 saturated carbocycles. The summed E-state index contributed by atoms with van der Waals surface area (Å²) in [5, 5.41) is 0. The number of nitrogens with zero attached hydrogens (tertiary/aromatic N) is 2. The molecule has 2 rings (SSSR count). The average molecular weight is 408 g/mol. The number of halogens is 2. The molecule has 1 saturated heterocycles. The van der Waals surface area contributed by atoms with Gasteiger partial charge in [-0.15, -0.1) is 0 Å². The molecule has 0 unspecified atom stereocenters. The van der Waals surface area contributed by atoms with E-state index in [-0.39, 0.29) is 49.9 Å². The summed E-state index contributed by atoms with van der Waals surface area (Å²) in [5.74, 6) is 0.0617. The Balaban J connectivity index is 2.16. The molecular weight excluding hydrogens is 382 g/mol. The molecule has 0 bridgehead atoms. The number of rotatable bonds is 8. The van der Waals surface area contributed by atoms with Crippen molar-refractivity contribution in [2.75, 3.05) is 26.7 Å². The van der Waals surface area contributed by atoms with E-state index in [0.29, 0.717) is 5.56 Å². The highest BCUT2D eigenvalue weighted by atomic mass is 32.2. The van der Waals surface area contributed by atoms with Crippen LogP contribution in [0.3, 0.4) is 0 Å². The van der Waals surface area contributed by atoms with Gasteiger partial charge in [0, 0.05) is 26.7 Å². The van der Waals surface area contributed by atoms with Crippen molar-refractivity contribution >= 4 is 10.2 Å². The molecule has 1 aromatic rings. The normalized spacial score (nSPS) is 21.6. The maximum atomic E-state index is 12.8. The minimum atomic E-state index is -3.69. The van der Waals surface area contributed by atoms with Gasteiger partial charge in [0.25, 0.3) is 10.2 Å². The van der Waals surface area contributed by atoms with Gasteiger partial charge in [-0.2, -0.15) is 25.8 Å². The zero-order valence-electron chi connectivity index (χ0n) is 15.9. The van der Waals surface area contributed by atoms with E-state index < -0.39 is 16.8 Å². The minimum absolute atomic E-state index is 0.0669. The van der Waals surface area contributed by atoms with Crippen LogP contribution >= 0.6 is 0 Å². The Labute approximate surface area is 159 Å².